The molecule has 0 saturated carbocycles. The first kappa shape index (κ1) is 15.7. The summed E-state index contributed by atoms with van der Waals surface area (Å²) in [6.07, 6.45) is -0.0454. The lowest BCUT2D eigenvalue weighted by molar-refractivity contribution is -0.121. The predicted octanol–water partition coefficient (Wildman–Crippen LogP) is 1.82. The van der Waals surface area contributed by atoms with E-state index in [1.807, 2.05) is 13.8 Å². The van der Waals surface area contributed by atoms with Crippen molar-refractivity contribution in [2.24, 2.45) is 0 Å². The minimum atomic E-state index is -0.535. The lowest BCUT2D eigenvalue weighted by Crippen LogP contribution is -2.52. The monoisotopic (exact) mass is 244 g/mol. The Kier molecular flexibility index (Phi) is 5.45. The van der Waals surface area contributed by atoms with Gasteiger partial charge in [-0.15, -0.1) is 0 Å². The maximum absolute atomic E-state index is 11.5. The minimum absolute atomic E-state index is 0.0379. The maximum Gasteiger partial charge on any atom is 0.408 e. The summed E-state index contributed by atoms with van der Waals surface area (Å²) in [5, 5.41) is 5.45. The molecule has 0 heterocycles. The van der Waals surface area contributed by atoms with Crippen molar-refractivity contribution >= 4 is 12.0 Å². The van der Waals surface area contributed by atoms with E-state index in [2.05, 4.69) is 10.6 Å². The van der Waals surface area contributed by atoms with E-state index in [4.69, 9.17) is 4.74 Å². The summed E-state index contributed by atoms with van der Waals surface area (Å²) in [6.45, 7) is 11.2. The molecule has 0 aliphatic heterocycles. The Morgan fingerprint density at radius 2 is 1.65 bits per heavy atom. The number of hydrogen-bond acceptors (Lipinski definition) is 3. The fourth-order valence-electron chi connectivity index (χ4n) is 1.07. The van der Waals surface area contributed by atoms with Crippen molar-refractivity contribution in [3.8, 4) is 0 Å². The van der Waals surface area contributed by atoms with Crippen molar-refractivity contribution in [2.45, 2.75) is 59.1 Å². The number of nitrogens with one attached hydrogen (secondary N) is 2. The van der Waals surface area contributed by atoms with Crippen LogP contribution >= 0.6 is 0 Å². The highest BCUT2D eigenvalue weighted by atomic mass is 16.6. The molecular formula is C12H24N2O3. The van der Waals surface area contributed by atoms with Crippen LogP contribution in [0.3, 0.4) is 0 Å². The third kappa shape index (κ3) is 8.54. The van der Waals surface area contributed by atoms with Gasteiger partial charge in [0.05, 0.1) is 5.54 Å². The highest BCUT2D eigenvalue weighted by molar-refractivity contribution is 5.75. The van der Waals surface area contributed by atoms with Gasteiger partial charge in [-0.25, -0.2) is 4.79 Å². The van der Waals surface area contributed by atoms with Gasteiger partial charge in [-0.3, -0.25) is 4.79 Å². The quantitative estimate of drug-likeness (QED) is 0.792. The molecule has 2 N–H and O–H groups in total. The molecule has 0 rings (SSSR count). The van der Waals surface area contributed by atoms with Crippen LogP contribution in [0.5, 0.6) is 0 Å². The first-order valence-corrected chi connectivity index (χ1v) is 5.83. The van der Waals surface area contributed by atoms with Gasteiger partial charge < -0.3 is 15.4 Å². The number of alkyl carbamates (subject to hydrolysis) is 1. The third-order valence-electron chi connectivity index (χ3n) is 1.89. The average molecular weight is 244 g/mol. The molecule has 0 unspecified atom stereocenters. The van der Waals surface area contributed by atoms with E-state index < -0.39 is 17.2 Å². The fraction of sp³-hybridized carbons (Fsp3) is 0.833. The van der Waals surface area contributed by atoms with Crippen molar-refractivity contribution in [1.29, 1.82) is 0 Å². The molecule has 17 heavy (non-hydrogen) atoms. The molecular weight excluding hydrogens is 220 g/mol. The van der Waals surface area contributed by atoms with Crippen LogP contribution in [0.15, 0.2) is 0 Å². The predicted molar refractivity (Wildman–Crippen MR) is 66.7 cm³/mol. The van der Waals surface area contributed by atoms with E-state index in [1.54, 1.807) is 27.7 Å². The lowest BCUT2D eigenvalue weighted by atomic mass is 10.1. The molecule has 0 aromatic rings. The molecule has 0 aromatic heterocycles. The normalized spacial score (nSPS) is 11.9. The van der Waals surface area contributed by atoms with Crippen LogP contribution in [0.1, 0.15) is 48.0 Å². The van der Waals surface area contributed by atoms with Crippen LogP contribution in [-0.4, -0.2) is 29.7 Å². The number of carbonyl (C=O) groups excluding carboxylic acids is 2. The number of hydrogen-bond donors (Lipinski definition) is 2. The van der Waals surface area contributed by atoms with Crippen LogP contribution in [0, 0.1) is 0 Å². The molecule has 0 spiro atoms. The maximum atomic E-state index is 11.5. The van der Waals surface area contributed by atoms with Crippen molar-refractivity contribution in [3.63, 3.8) is 0 Å². The van der Waals surface area contributed by atoms with E-state index in [1.165, 1.54) is 0 Å². The molecule has 5 nitrogen and oxygen atoms in total. The van der Waals surface area contributed by atoms with Crippen LogP contribution < -0.4 is 10.6 Å². The molecule has 100 valence electrons. The fourth-order valence-corrected chi connectivity index (χ4v) is 1.07. The van der Waals surface area contributed by atoms with Crippen LogP contribution in [0.4, 0.5) is 4.79 Å². The standard InChI is InChI=1S/C12H24N2O3/c1-7-9(15)13-8-12(5,6)14-10(16)17-11(2,3)4/h7-8H2,1-6H3,(H,13,15)(H,14,16). The zero-order valence-corrected chi connectivity index (χ0v) is 11.6. The van der Waals surface area contributed by atoms with Crippen LogP contribution in [0.2, 0.25) is 0 Å². The van der Waals surface area contributed by atoms with Crippen molar-refractivity contribution in [3.05, 3.63) is 0 Å². The Balaban J connectivity index is 4.16. The first-order valence-electron chi connectivity index (χ1n) is 5.83. The van der Waals surface area contributed by atoms with E-state index in [9.17, 15) is 9.59 Å². The second-order valence-electron chi connectivity index (χ2n) is 5.64. The Morgan fingerprint density at radius 3 is 2.06 bits per heavy atom. The molecule has 0 aromatic carbocycles. The highest BCUT2D eigenvalue weighted by Crippen LogP contribution is 2.09. The number of carbonyl (C=O) groups is 2. The summed E-state index contributed by atoms with van der Waals surface area (Å²) in [5.74, 6) is -0.0379. The van der Waals surface area contributed by atoms with Gasteiger partial charge in [-0.2, -0.15) is 0 Å². The molecule has 0 atom stereocenters. The molecule has 0 bridgehead atoms. The Hall–Kier alpha value is -1.26. The van der Waals surface area contributed by atoms with Gasteiger partial charge in [0.25, 0.3) is 0 Å². The molecule has 0 aliphatic carbocycles. The molecule has 0 fully saturated rings. The summed E-state index contributed by atoms with van der Waals surface area (Å²) >= 11 is 0. The van der Waals surface area contributed by atoms with Crippen LogP contribution in [0.25, 0.3) is 0 Å². The molecule has 2 amide bonds. The van der Waals surface area contributed by atoms with E-state index in [-0.39, 0.29) is 5.91 Å². The van der Waals surface area contributed by atoms with Gasteiger partial charge in [0.1, 0.15) is 5.60 Å². The van der Waals surface area contributed by atoms with Gasteiger partial charge in [-0.1, -0.05) is 6.92 Å². The smallest absolute Gasteiger partial charge is 0.408 e. The van der Waals surface area contributed by atoms with Crippen LogP contribution in [-0.2, 0) is 9.53 Å². The first-order chi connectivity index (χ1) is 7.56. The Bertz CT molecular complexity index is 280. The zero-order valence-electron chi connectivity index (χ0n) is 11.6. The Labute approximate surface area is 103 Å². The van der Waals surface area contributed by atoms with Crippen molar-refractivity contribution in [2.75, 3.05) is 6.54 Å². The number of rotatable bonds is 4. The Morgan fingerprint density at radius 1 is 1.12 bits per heavy atom. The minimum Gasteiger partial charge on any atom is -0.444 e. The number of amides is 2. The second kappa shape index (κ2) is 5.89. The van der Waals surface area contributed by atoms with Gasteiger partial charge in [0.2, 0.25) is 5.91 Å². The average Bonchev–Trinajstić information content (AvgIpc) is 2.10. The third-order valence-corrected chi connectivity index (χ3v) is 1.89. The van der Waals surface area contributed by atoms with Gasteiger partial charge in [0.15, 0.2) is 0 Å². The van der Waals surface area contributed by atoms with E-state index in [0.29, 0.717) is 13.0 Å². The topological polar surface area (TPSA) is 67.4 Å². The van der Waals surface area contributed by atoms with E-state index in [0.717, 1.165) is 0 Å². The number of ether oxygens (including phenoxy) is 1. The van der Waals surface area contributed by atoms with Crippen molar-refractivity contribution < 1.29 is 14.3 Å². The van der Waals surface area contributed by atoms with E-state index >= 15 is 0 Å². The molecule has 5 heteroatoms. The summed E-state index contributed by atoms with van der Waals surface area (Å²) in [5.41, 5.74) is -1.06. The summed E-state index contributed by atoms with van der Waals surface area (Å²) in [7, 11) is 0. The molecule has 0 aliphatic rings. The van der Waals surface area contributed by atoms with Gasteiger partial charge in [-0.05, 0) is 34.6 Å². The van der Waals surface area contributed by atoms with Gasteiger partial charge >= 0.3 is 6.09 Å². The summed E-state index contributed by atoms with van der Waals surface area (Å²) < 4.78 is 5.14. The summed E-state index contributed by atoms with van der Waals surface area (Å²) in [4.78, 5) is 22.7. The second-order valence-corrected chi connectivity index (χ2v) is 5.64. The van der Waals surface area contributed by atoms with Gasteiger partial charge in [0, 0.05) is 13.0 Å². The molecule has 0 radical (unpaired) electrons. The zero-order chi connectivity index (χ0) is 13.7. The lowest BCUT2D eigenvalue weighted by Gasteiger charge is -2.28. The van der Waals surface area contributed by atoms with Crippen molar-refractivity contribution in [1.82, 2.24) is 10.6 Å². The summed E-state index contributed by atoms with van der Waals surface area (Å²) in [6, 6.07) is 0. The largest absolute Gasteiger partial charge is 0.444 e. The molecule has 0 saturated heterocycles. The highest BCUT2D eigenvalue weighted by Gasteiger charge is 2.24. The SMILES string of the molecule is CCC(=O)NCC(C)(C)NC(=O)OC(C)(C)C.